The molecular formula is C23H26N2O2. The fraction of sp³-hybridized carbons (Fsp3) is 0.391. The summed E-state index contributed by atoms with van der Waals surface area (Å²) in [6.45, 7) is 2.35. The van der Waals surface area contributed by atoms with Crippen molar-refractivity contribution < 1.29 is 9.59 Å². The van der Waals surface area contributed by atoms with Crippen LogP contribution in [0.5, 0.6) is 0 Å². The molecule has 1 unspecified atom stereocenters. The highest BCUT2D eigenvalue weighted by atomic mass is 16.2. The van der Waals surface area contributed by atoms with Crippen LogP contribution in [0.15, 0.2) is 54.6 Å². The van der Waals surface area contributed by atoms with Gasteiger partial charge < -0.3 is 9.80 Å². The zero-order valence-corrected chi connectivity index (χ0v) is 15.6. The second kappa shape index (κ2) is 7.95. The Bertz CT molecular complexity index is 801. The average Bonchev–Trinajstić information content (AvgIpc) is 3.15. The van der Waals surface area contributed by atoms with Crippen molar-refractivity contribution in [2.75, 3.05) is 19.6 Å². The molecule has 0 N–H and O–H groups in total. The molecular weight excluding hydrogens is 336 g/mol. The summed E-state index contributed by atoms with van der Waals surface area (Å²) in [7, 11) is 0. The third-order valence-electron chi connectivity index (χ3n) is 5.72. The Morgan fingerprint density at radius 3 is 2.37 bits per heavy atom. The van der Waals surface area contributed by atoms with E-state index in [-0.39, 0.29) is 17.9 Å². The molecule has 0 radical (unpaired) electrons. The first-order valence-corrected chi connectivity index (χ1v) is 9.92. The maximum Gasteiger partial charge on any atom is 0.227 e. The summed E-state index contributed by atoms with van der Waals surface area (Å²) in [6, 6.07) is 18.7. The van der Waals surface area contributed by atoms with Crippen LogP contribution in [0.2, 0.25) is 0 Å². The average molecular weight is 362 g/mol. The summed E-state index contributed by atoms with van der Waals surface area (Å²) in [5.74, 6) is 0.421. The van der Waals surface area contributed by atoms with Crippen molar-refractivity contribution >= 4 is 11.8 Å². The van der Waals surface area contributed by atoms with Gasteiger partial charge >= 0.3 is 0 Å². The monoisotopic (exact) mass is 362 g/mol. The van der Waals surface area contributed by atoms with Crippen molar-refractivity contribution in [1.82, 2.24) is 9.80 Å². The maximum absolute atomic E-state index is 12.8. The Balaban J connectivity index is 1.37. The van der Waals surface area contributed by atoms with Gasteiger partial charge in [0, 0.05) is 32.1 Å². The maximum atomic E-state index is 12.8. The van der Waals surface area contributed by atoms with Crippen LogP contribution in [0.1, 0.15) is 31.2 Å². The van der Waals surface area contributed by atoms with E-state index in [9.17, 15) is 9.59 Å². The van der Waals surface area contributed by atoms with Crippen molar-refractivity contribution in [3.63, 3.8) is 0 Å². The van der Waals surface area contributed by atoms with Crippen LogP contribution < -0.4 is 0 Å². The molecule has 2 saturated heterocycles. The highest BCUT2D eigenvalue weighted by Gasteiger charge is 2.32. The summed E-state index contributed by atoms with van der Waals surface area (Å²) in [5, 5.41) is 0. The van der Waals surface area contributed by atoms with Gasteiger partial charge in [-0.1, -0.05) is 54.6 Å². The number of hydrogen-bond acceptors (Lipinski definition) is 2. The summed E-state index contributed by atoms with van der Waals surface area (Å²) in [4.78, 5) is 28.7. The molecule has 0 bridgehead atoms. The number of piperidine rings is 1. The van der Waals surface area contributed by atoms with E-state index in [1.807, 2.05) is 40.1 Å². The Labute approximate surface area is 160 Å². The van der Waals surface area contributed by atoms with Crippen molar-refractivity contribution in [2.45, 2.75) is 38.1 Å². The van der Waals surface area contributed by atoms with Crippen LogP contribution in [-0.2, 0) is 16.0 Å². The van der Waals surface area contributed by atoms with Crippen molar-refractivity contribution in [2.24, 2.45) is 0 Å². The summed E-state index contributed by atoms with van der Waals surface area (Å²) < 4.78 is 0. The van der Waals surface area contributed by atoms with E-state index in [1.165, 1.54) is 5.56 Å². The standard InChI is InChI=1S/C23H26N2O2/c26-22-9-5-15-25(22)21-8-4-14-24(17-21)23(27)16-18-10-12-20(13-11-18)19-6-2-1-3-7-19/h1-3,6-7,10-13,21H,4-5,8-9,14-17H2. The molecule has 2 aliphatic heterocycles. The van der Waals surface area contributed by atoms with Gasteiger partial charge in [-0.2, -0.15) is 0 Å². The molecule has 0 spiro atoms. The molecule has 4 heteroatoms. The van der Waals surface area contributed by atoms with Crippen molar-refractivity contribution in [3.05, 3.63) is 60.2 Å². The smallest absolute Gasteiger partial charge is 0.227 e. The van der Waals surface area contributed by atoms with Crippen LogP contribution in [0.25, 0.3) is 11.1 Å². The Kier molecular flexibility index (Phi) is 5.23. The van der Waals surface area contributed by atoms with Gasteiger partial charge in [-0.25, -0.2) is 0 Å². The molecule has 2 fully saturated rings. The number of carbonyl (C=O) groups excluding carboxylic acids is 2. The number of nitrogens with zero attached hydrogens (tertiary/aromatic N) is 2. The third kappa shape index (κ3) is 4.05. The first kappa shape index (κ1) is 17.8. The van der Waals surface area contributed by atoms with Gasteiger partial charge in [0.05, 0.1) is 6.42 Å². The number of hydrogen-bond donors (Lipinski definition) is 0. The number of benzene rings is 2. The van der Waals surface area contributed by atoms with Gasteiger partial charge in [-0.05, 0) is 36.0 Å². The largest absolute Gasteiger partial charge is 0.340 e. The lowest BCUT2D eigenvalue weighted by molar-refractivity contribution is -0.137. The van der Waals surface area contributed by atoms with Crippen LogP contribution in [0.4, 0.5) is 0 Å². The molecule has 0 aromatic heterocycles. The lowest BCUT2D eigenvalue weighted by Gasteiger charge is -2.37. The molecule has 1 atom stereocenters. The predicted octanol–water partition coefficient (Wildman–Crippen LogP) is 3.51. The summed E-state index contributed by atoms with van der Waals surface area (Å²) >= 11 is 0. The molecule has 27 heavy (non-hydrogen) atoms. The fourth-order valence-electron chi connectivity index (χ4n) is 4.22. The molecule has 140 valence electrons. The van der Waals surface area contributed by atoms with Gasteiger partial charge in [0.15, 0.2) is 0 Å². The lowest BCUT2D eigenvalue weighted by atomic mass is 10.0. The lowest BCUT2D eigenvalue weighted by Crippen LogP contribution is -2.50. The molecule has 0 saturated carbocycles. The van der Waals surface area contributed by atoms with Gasteiger partial charge in [0.25, 0.3) is 0 Å². The van der Waals surface area contributed by atoms with Crippen LogP contribution >= 0.6 is 0 Å². The molecule has 2 aromatic carbocycles. The molecule has 2 aliphatic rings. The second-order valence-corrected chi connectivity index (χ2v) is 7.57. The summed E-state index contributed by atoms with van der Waals surface area (Å²) in [6.07, 6.45) is 4.04. The first-order chi connectivity index (χ1) is 13.2. The molecule has 4 nitrogen and oxygen atoms in total. The molecule has 2 heterocycles. The van der Waals surface area contributed by atoms with Gasteiger partial charge in [0.2, 0.25) is 11.8 Å². The van der Waals surface area contributed by atoms with E-state index in [4.69, 9.17) is 0 Å². The molecule has 0 aliphatic carbocycles. The van der Waals surface area contributed by atoms with E-state index in [0.717, 1.165) is 43.5 Å². The molecule has 4 rings (SSSR count). The van der Waals surface area contributed by atoms with Crippen molar-refractivity contribution in [1.29, 1.82) is 0 Å². The van der Waals surface area contributed by atoms with Crippen molar-refractivity contribution in [3.8, 4) is 11.1 Å². The SMILES string of the molecule is O=C(Cc1ccc(-c2ccccc2)cc1)N1CCCC(N2CCCC2=O)C1. The number of amides is 2. The third-order valence-corrected chi connectivity index (χ3v) is 5.72. The van der Waals surface area contributed by atoms with E-state index in [0.29, 0.717) is 19.4 Å². The van der Waals surface area contributed by atoms with Gasteiger partial charge in [-0.3, -0.25) is 9.59 Å². The minimum atomic E-state index is 0.166. The Hall–Kier alpha value is -2.62. The number of likely N-dealkylation sites (tertiary alicyclic amines) is 2. The highest BCUT2D eigenvalue weighted by molar-refractivity contribution is 5.80. The Morgan fingerprint density at radius 2 is 1.67 bits per heavy atom. The Morgan fingerprint density at radius 1 is 0.926 bits per heavy atom. The minimum Gasteiger partial charge on any atom is -0.340 e. The summed E-state index contributed by atoms with van der Waals surface area (Å²) in [5.41, 5.74) is 3.39. The van der Waals surface area contributed by atoms with Crippen LogP contribution in [-0.4, -0.2) is 47.3 Å². The first-order valence-electron chi connectivity index (χ1n) is 9.92. The zero-order chi connectivity index (χ0) is 18.6. The van der Waals surface area contributed by atoms with Gasteiger partial charge in [0.1, 0.15) is 0 Å². The zero-order valence-electron chi connectivity index (χ0n) is 15.6. The molecule has 2 amide bonds. The van der Waals surface area contributed by atoms with E-state index in [1.54, 1.807) is 0 Å². The van der Waals surface area contributed by atoms with Gasteiger partial charge in [-0.15, -0.1) is 0 Å². The van der Waals surface area contributed by atoms with Crippen LogP contribution in [0.3, 0.4) is 0 Å². The highest BCUT2D eigenvalue weighted by Crippen LogP contribution is 2.23. The van der Waals surface area contributed by atoms with E-state index < -0.39 is 0 Å². The quantitative estimate of drug-likeness (QED) is 0.835. The number of rotatable bonds is 4. The van der Waals surface area contributed by atoms with E-state index in [2.05, 4.69) is 24.3 Å². The second-order valence-electron chi connectivity index (χ2n) is 7.57. The van der Waals surface area contributed by atoms with Crippen LogP contribution in [0, 0.1) is 0 Å². The topological polar surface area (TPSA) is 40.6 Å². The number of carbonyl (C=O) groups is 2. The normalized spacial score (nSPS) is 20.1. The van der Waals surface area contributed by atoms with E-state index >= 15 is 0 Å². The molecule has 2 aromatic rings. The fourth-order valence-corrected chi connectivity index (χ4v) is 4.22. The minimum absolute atomic E-state index is 0.166. The predicted molar refractivity (Wildman–Crippen MR) is 106 cm³/mol.